The Morgan fingerprint density at radius 2 is 2.14 bits per heavy atom. The molecule has 0 saturated carbocycles. The van der Waals surface area contributed by atoms with E-state index in [1.54, 1.807) is 0 Å². The molecule has 21 heavy (non-hydrogen) atoms. The Hall–Kier alpha value is -1.68. The molecule has 1 aliphatic heterocycles. The number of aromatic nitrogens is 3. The summed E-state index contributed by atoms with van der Waals surface area (Å²) in [5.41, 5.74) is 1.21. The fraction of sp³-hybridized carbons (Fsp3) is 0.529. The minimum Gasteiger partial charge on any atom is -0.300 e. The van der Waals surface area contributed by atoms with E-state index < -0.39 is 0 Å². The van der Waals surface area contributed by atoms with E-state index in [-0.39, 0.29) is 0 Å². The molecule has 0 unspecified atom stereocenters. The van der Waals surface area contributed by atoms with Gasteiger partial charge in [0.25, 0.3) is 0 Å². The van der Waals surface area contributed by atoms with Gasteiger partial charge in [-0.3, -0.25) is 4.57 Å². The van der Waals surface area contributed by atoms with E-state index in [9.17, 15) is 0 Å². The molecule has 1 atom stereocenters. The number of hydrogen-bond donors (Lipinski definition) is 0. The smallest absolute Gasteiger partial charge is 0.138 e. The second kappa shape index (κ2) is 5.98. The van der Waals surface area contributed by atoms with Crippen LogP contribution in [0.15, 0.2) is 30.6 Å². The van der Waals surface area contributed by atoms with Crippen LogP contribution in [0.2, 0.25) is 0 Å². The van der Waals surface area contributed by atoms with E-state index in [1.165, 1.54) is 25.1 Å². The van der Waals surface area contributed by atoms with E-state index in [4.69, 9.17) is 4.98 Å². The third-order valence-corrected chi connectivity index (χ3v) is 4.43. The summed E-state index contributed by atoms with van der Waals surface area (Å²) in [5, 5.41) is 0. The van der Waals surface area contributed by atoms with Crippen LogP contribution >= 0.6 is 0 Å². The number of aryl methyl sites for hydroxylation is 1. The molecule has 112 valence electrons. The van der Waals surface area contributed by atoms with Crippen molar-refractivity contribution in [3.05, 3.63) is 42.1 Å². The topological polar surface area (TPSA) is 34.0 Å². The molecule has 1 aliphatic rings. The van der Waals surface area contributed by atoms with Crippen molar-refractivity contribution in [2.75, 3.05) is 13.1 Å². The highest BCUT2D eigenvalue weighted by molar-refractivity contribution is 5.28. The molecule has 3 rings (SSSR count). The van der Waals surface area contributed by atoms with Gasteiger partial charge in [-0.1, -0.05) is 6.07 Å². The van der Waals surface area contributed by atoms with Crippen LogP contribution < -0.4 is 0 Å². The van der Waals surface area contributed by atoms with Crippen molar-refractivity contribution < 1.29 is 0 Å². The Labute approximate surface area is 126 Å². The van der Waals surface area contributed by atoms with Crippen molar-refractivity contribution in [1.82, 2.24) is 19.4 Å². The Morgan fingerprint density at radius 1 is 1.29 bits per heavy atom. The van der Waals surface area contributed by atoms with E-state index in [2.05, 4.69) is 41.9 Å². The van der Waals surface area contributed by atoms with Crippen molar-refractivity contribution in [1.29, 1.82) is 0 Å². The summed E-state index contributed by atoms with van der Waals surface area (Å²) in [6.07, 6.45) is 6.30. The molecule has 0 spiro atoms. The summed E-state index contributed by atoms with van der Waals surface area (Å²) < 4.78 is 2.05. The van der Waals surface area contributed by atoms with Crippen LogP contribution in [-0.2, 0) is 0 Å². The zero-order chi connectivity index (χ0) is 14.8. The first-order valence-electron chi connectivity index (χ1n) is 7.86. The van der Waals surface area contributed by atoms with Gasteiger partial charge >= 0.3 is 0 Å². The molecule has 0 N–H and O–H groups in total. The lowest BCUT2D eigenvalue weighted by molar-refractivity contribution is 0.166. The first-order chi connectivity index (χ1) is 10.1. The standard InChI is InChI=1S/C17H24N4/c1-13(2)20-10-5-6-15(12-20)16-7-4-8-17(19-16)21-11-9-18-14(21)3/h4,7-9,11,13,15H,5-6,10,12H2,1-3H3/t15-/m0/s1. The summed E-state index contributed by atoms with van der Waals surface area (Å²) in [5.74, 6) is 2.50. The molecule has 0 aliphatic carbocycles. The minimum atomic E-state index is 0.546. The molecular formula is C17H24N4. The lowest BCUT2D eigenvalue weighted by Gasteiger charge is -2.35. The highest BCUT2D eigenvalue weighted by Gasteiger charge is 2.24. The number of likely N-dealkylation sites (tertiary alicyclic amines) is 1. The molecule has 0 amide bonds. The summed E-state index contributed by atoms with van der Waals surface area (Å²) in [4.78, 5) is 11.7. The van der Waals surface area contributed by atoms with Crippen molar-refractivity contribution in [2.24, 2.45) is 0 Å². The monoisotopic (exact) mass is 284 g/mol. The van der Waals surface area contributed by atoms with Gasteiger partial charge in [0, 0.05) is 36.6 Å². The normalized spacial score (nSPS) is 20.1. The number of piperidine rings is 1. The zero-order valence-corrected chi connectivity index (χ0v) is 13.2. The average molecular weight is 284 g/mol. The predicted octanol–water partition coefficient (Wildman–Crippen LogP) is 3.16. The molecule has 1 fully saturated rings. The number of imidazole rings is 1. The molecule has 1 saturated heterocycles. The highest BCUT2D eigenvalue weighted by atomic mass is 15.2. The molecule has 4 nitrogen and oxygen atoms in total. The average Bonchev–Trinajstić information content (AvgIpc) is 2.94. The second-order valence-corrected chi connectivity index (χ2v) is 6.19. The first kappa shape index (κ1) is 14.3. The molecule has 4 heteroatoms. The van der Waals surface area contributed by atoms with Crippen LogP contribution in [0, 0.1) is 6.92 Å². The SMILES string of the molecule is Cc1nccn1-c1cccc([C@H]2CCCN(C(C)C)C2)n1. The molecule has 2 aromatic heterocycles. The number of rotatable bonds is 3. The van der Waals surface area contributed by atoms with Crippen LogP contribution in [0.1, 0.15) is 44.1 Å². The summed E-state index contributed by atoms with van der Waals surface area (Å²) in [7, 11) is 0. The predicted molar refractivity (Wildman–Crippen MR) is 84.8 cm³/mol. The molecular weight excluding hydrogens is 260 g/mol. The van der Waals surface area contributed by atoms with Crippen LogP contribution in [0.4, 0.5) is 0 Å². The number of pyridine rings is 1. The first-order valence-corrected chi connectivity index (χ1v) is 7.86. The van der Waals surface area contributed by atoms with Crippen molar-refractivity contribution in [3.8, 4) is 5.82 Å². The maximum atomic E-state index is 4.89. The second-order valence-electron chi connectivity index (χ2n) is 6.19. The zero-order valence-electron chi connectivity index (χ0n) is 13.2. The molecule has 0 bridgehead atoms. The van der Waals surface area contributed by atoms with Gasteiger partial charge < -0.3 is 4.90 Å². The largest absolute Gasteiger partial charge is 0.300 e. The Kier molecular flexibility index (Phi) is 4.06. The number of nitrogens with zero attached hydrogens (tertiary/aromatic N) is 4. The Bertz CT molecular complexity index is 602. The minimum absolute atomic E-state index is 0.546. The quantitative estimate of drug-likeness (QED) is 0.868. The van der Waals surface area contributed by atoms with Crippen molar-refractivity contribution >= 4 is 0 Å². The summed E-state index contributed by atoms with van der Waals surface area (Å²) >= 11 is 0. The molecule has 0 aromatic carbocycles. The van der Waals surface area contributed by atoms with Gasteiger partial charge in [-0.2, -0.15) is 0 Å². The fourth-order valence-electron chi connectivity index (χ4n) is 3.14. The summed E-state index contributed by atoms with van der Waals surface area (Å²) in [6.45, 7) is 8.91. The van der Waals surface area contributed by atoms with Gasteiger partial charge in [0.2, 0.25) is 0 Å². The van der Waals surface area contributed by atoms with Gasteiger partial charge in [-0.05, 0) is 52.3 Å². The van der Waals surface area contributed by atoms with E-state index in [0.717, 1.165) is 18.2 Å². The Morgan fingerprint density at radius 3 is 2.86 bits per heavy atom. The van der Waals surface area contributed by atoms with Crippen molar-refractivity contribution in [3.63, 3.8) is 0 Å². The van der Waals surface area contributed by atoms with Gasteiger partial charge in [0.1, 0.15) is 11.6 Å². The highest BCUT2D eigenvalue weighted by Crippen LogP contribution is 2.27. The van der Waals surface area contributed by atoms with Crippen LogP contribution in [0.3, 0.4) is 0 Å². The van der Waals surface area contributed by atoms with Crippen LogP contribution in [-0.4, -0.2) is 38.6 Å². The van der Waals surface area contributed by atoms with E-state index >= 15 is 0 Å². The van der Waals surface area contributed by atoms with Gasteiger partial charge in [0.05, 0.1) is 0 Å². The Balaban J connectivity index is 1.84. The lowest BCUT2D eigenvalue weighted by atomic mass is 9.93. The molecule has 2 aromatic rings. The van der Waals surface area contributed by atoms with E-state index in [1.807, 2.05) is 23.9 Å². The van der Waals surface area contributed by atoms with Gasteiger partial charge in [-0.15, -0.1) is 0 Å². The fourth-order valence-corrected chi connectivity index (χ4v) is 3.14. The van der Waals surface area contributed by atoms with Gasteiger partial charge in [-0.25, -0.2) is 9.97 Å². The maximum absolute atomic E-state index is 4.89. The number of hydrogen-bond acceptors (Lipinski definition) is 3. The molecule has 0 radical (unpaired) electrons. The summed E-state index contributed by atoms with van der Waals surface area (Å²) in [6, 6.07) is 6.96. The van der Waals surface area contributed by atoms with Crippen molar-refractivity contribution in [2.45, 2.75) is 45.6 Å². The maximum Gasteiger partial charge on any atom is 0.138 e. The third-order valence-electron chi connectivity index (χ3n) is 4.43. The van der Waals surface area contributed by atoms with E-state index in [0.29, 0.717) is 12.0 Å². The van der Waals surface area contributed by atoms with Crippen LogP contribution in [0.25, 0.3) is 5.82 Å². The van der Waals surface area contributed by atoms with Crippen LogP contribution in [0.5, 0.6) is 0 Å². The van der Waals surface area contributed by atoms with Gasteiger partial charge in [0.15, 0.2) is 0 Å². The lowest BCUT2D eigenvalue weighted by Crippen LogP contribution is -2.39. The molecule has 3 heterocycles. The third kappa shape index (κ3) is 3.00.